The van der Waals surface area contributed by atoms with Gasteiger partial charge in [0.25, 0.3) is 0 Å². The molecule has 0 atom stereocenters. The monoisotopic (exact) mass is 156 g/mol. The Bertz CT molecular complexity index is 156. The van der Waals surface area contributed by atoms with E-state index in [1.54, 1.807) is 4.90 Å². The van der Waals surface area contributed by atoms with Crippen LogP contribution in [0.3, 0.4) is 0 Å². The molecule has 1 heterocycles. The van der Waals surface area contributed by atoms with Gasteiger partial charge >= 0.3 is 6.03 Å². The van der Waals surface area contributed by atoms with Gasteiger partial charge < -0.3 is 9.80 Å². The summed E-state index contributed by atoms with van der Waals surface area (Å²) in [7, 11) is 1.86. The molecule has 0 aromatic carbocycles. The molecule has 1 rings (SSSR count). The van der Waals surface area contributed by atoms with Gasteiger partial charge in [0.15, 0.2) is 0 Å². The SMILES string of the molecule is CC(C)N1CCCN(C)C1=O. The number of urea groups is 1. The fourth-order valence-corrected chi connectivity index (χ4v) is 1.37. The molecule has 1 aliphatic heterocycles. The Morgan fingerprint density at radius 2 is 2.00 bits per heavy atom. The minimum absolute atomic E-state index is 0.172. The van der Waals surface area contributed by atoms with E-state index in [9.17, 15) is 4.79 Å². The molecule has 3 nitrogen and oxygen atoms in total. The first-order valence-electron chi connectivity index (χ1n) is 4.14. The van der Waals surface area contributed by atoms with Crippen LogP contribution in [0.2, 0.25) is 0 Å². The minimum Gasteiger partial charge on any atom is -0.328 e. The molecule has 0 spiro atoms. The maximum atomic E-state index is 11.4. The summed E-state index contributed by atoms with van der Waals surface area (Å²) in [4.78, 5) is 15.1. The minimum atomic E-state index is 0.172. The van der Waals surface area contributed by atoms with Crippen molar-refractivity contribution < 1.29 is 4.79 Å². The summed E-state index contributed by atoms with van der Waals surface area (Å²) in [6, 6.07) is 0.511. The number of hydrogen-bond donors (Lipinski definition) is 0. The van der Waals surface area contributed by atoms with Crippen LogP contribution in [-0.2, 0) is 0 Å². The van der Waals surface area contributed by atoms with Crippen molar-refractivity contribution in [1.82, 2.24) is 9.80 Å². The van der Waals surface area contributed by atoms with Gasteiger partial charge in [-0.3, -0.25) is 0 Å². The standard InChI is InChI=1S/C8H16N2O/c1-7(2)10-6-4-5-9(3)8(10)11/h7H,4-6H2,1-3H3. The van der Waals surface area contributed by atoms with Crippen molar-refractivity contribution in [3.05, 3.63) is 0 Å². The third-order valence-electron chi connectivity index (χ3n) is 2.09. The van der Waals surface area contributed by atoms with Gasteiger partial charge in [0, 0.05) is 26.2 Å². The molecule has 1 aliphatic rings. The van der Waals surface area contributed by atoms with E-state index in [4.69, 9.17) is 0 Å². The van der Waals surface area contributed by atoms with Crippen molar-refractivity contribution in [3.8, 4) is 0 Å². The molecule has 0 radical (unpaired) electrons. The van der Waals surface area contributed by atoms with Crippen molar-refractivity contribution in [3.63, 3.8) is 0 Å². The Kier molecular flexibility index (Phi) is 2.37. The van der Waals surface area contributed by atoms with E-state index in [-0.39, 0.29) is 6.03 Å². The maximum Gasteiger partial charge on any atom is 0.319 e. The molecule has 64 valence electrons. The van der Waals surface area contributed by atoms with Crippen molar-refractivity contribution in [2.75, 3.05) is 20.1 Å². The molecule has 1 fully saturated rings. The lowest BCUT2D eigenvalue weighted by Crippen LogP contribution is -2.50. The van der Waals surface area contributed by atoms with Gasteiger partial charge in [0.2, 0.25) is 0 Å². The molecule has 2 amide bonds. The molecule has 0 unspecified atom stereocenters. The number of nitrogens with zero attached hydrogens (tertiary/aromatic N) is 2. The van der Waals surface area contributed by atoms with Crippen LogP contribution >= 0.6 is 0 Å². The molecular weight excluding hydrogens is 140 g/mol. The van der Waals surface area contributed by atoms with Gasteiger partial charge in [-0.25, -0.2) is 4.79 Å². The molecular formula is C8H16N2O. The molecule has 0 aromatic heterocycles. The van der Waals surface area contributed by atoms with E-state index in [2.05, 4.69) is 13.8 Å². The third kappa shape index (κ3) is 1.64. The summed E-state index contributed by atoms with van der Waals surface area (Å²) in [6.45, 7) is 5.93. The van der Waals surface area contributed by atoms with Crippen molar-refractivity contribution in [2.45, 2.75) is 26.3 Å². The number of carbonyl (C=O) groups excluding carboxylic acids is 1. The predicted molar refractivity (Wildman–Crippen MR) is 44.5 cm³/mol. The zero-order valence-electron chi connectivity index (χ0n) is 7.50. The van der Waals surface area contributed by atoms with Crippen LogP contribution in [0.5, 0.6) is 0 Å². The number of carbonyl (C=O) groups is 1. The Morgan fingerprint density at radius 3 is 2.45 bits per heavy atom. The van der Waals surface area contributed by atoms with Crippen LogP contribution in [-0.4, -0.2) is 42.0 Å². The second-order valence-corrected chi connectivity index (χ2v) is 3.34. The Hall–Kier alpha value is -0.730. The fourth-order valence-electron chi connectivity index (χ4n) is 1.37. The molecule has 0 aliphatic carbocycles. The van der Waals surface area contributed by atoms with Crippen LogP contribution in [0.4, 0.5) is 4.79 Å². The summed E-state index contributed by atoms with van der Waals surface area (Å²) < 4.78 is 0. The Morgan fingerprint density at radius 1 is 1.36 bits per heavy atom. The molecule has 0 bridgehead atoms. The van der Waals surface area contributed by atoms with E-state index < -0.39 is 0 Å². The van der Waals surface area contributed by atoms with Gasteiger partial charge in [-0.15, -0.1) is 0 Å². The van der Waals surface area contributed by atoms with Crippen LogP contribution < -0.4 is 0 Å². The predicted octanol–water partition coefficient (Wildman–Crippen LogP) is 1.15. The van der Waals surface area contributed by atoms with E-state index >= 15 is 0 Å². The molecule has 11 heavy (non-hydrogen) atoms. The lowest BCUT2D eigenvalue weighted by atomic mass is 10.2. The van der Waals surface area contributed by atoms with Crippen LogP contribution in [0, 0.1) is 0 Å². The molecule has 3 heteroatoms. The maximum absolute atomic E-state index is 11.4. The zero-order chi connectivity index (χ0) is 8.43. The summed E-state index contributed by atoms with van der Waals surface area (Å²) in [6.07, 6.45) is 1.10. The number of rotatable bonds is 1. The van der Waals surface area contributed by atoms with E-state index in [1.807, 2.05) is 11.9 Å². The molecule has 0 saturated carbocycles. The lowest BCUT2D eigenvalue weighted by molar-refractivity contribution is 0.127. The molecule has 1 saturated heterocycles. The van der Waals surface area contributed by atoms with E-state index in [1.165, 1.54) is 0 Å². The van der Waals surface area contributed by atoms with Gasteiger partial charge in [-0.1, -0.05) is 0 Å². The van der Waals surface area contributed by atoms with Crippen molar-refractivity contribution in [2.24, 2.45) is 0 Å². The van der Waals surface area contributed by atoms with Crippen LogP contribution in [0.25, 0.3) is 0 Å². The van der Waals surface area contributed by atoms with E-state index in [0.717, 1.165) is 19.5 Å². The zero-order valence-corrected chi connectivity index (χ0v) is 7.50. The van der Waals surface area contributed by atoms with Gasteiger partial charge in [-0.2, -0.15) is 0 Å². The van der Waals surface area contributed by atoms with Crippen LogP contribution in [0.1, 0.15) is 20.3 Å². The largest absolute Gasteiger partial charge is 0.328 e. The molecule has 0 aromatic rings. The number of amides is 2. The first-order chi connectivity index (χ1) is 5.13. The van der Waals surface area contributed by atoms with Crippen molar-refractivity contribution in [1.29, 1.82) is 0 Å². The average Bonchev–Trinajstić information content (AvgIpc) is 1.94. The van der Waals surface area contributed by atoms with Gasteiger partial charge in [0.1, 0.15) is 0 Å². The summed E-state index contributed by atoms with van der Waals surface area (Å²) in [5, 5.41) is 0. The Labute approximate surface area is 68.0 Å². The highest BCUT2D eigenvalue weighted by Crippen LogP contribution is 2.09. The van der Waals surface area contributed by atoms with Crippen LogP contribution in [0.15, 0.2) is 0 Å². The Balaban J connectivity index is 2.58. The first-order valence-corrected chi connectivity index (χ1v) is 4.14. The summed E-state index contributed by atoms with van der Waals surface area (Å²) >= 11 is 0. The quantitative estimate of drug-likeness (QED) is 0.558. The number of hydrogen-bond acceptors (Lipinski definition) is 1. The van der Waals surface area contributed by atoms with Crippen molar-refractivity contribution >= 4 is 6.03 Å². The topological polar surface area (TPSA) is 23.6 Å². The third-order valence-corrected chi connectivity index (χ3v) is 2.09. The smallest absolute Gasteiger partial charge is 0.319 e. The van der Waals surface area contributed by atoms with Gasteiger partial charge in [0.05, 0.1) is 0 Å². The second-order valence-electron chi connectivity index (χ2n) is 3.34. The fraction of sp³-hybridized carbons (Fsp3) is 0.875. The highest BCUT2D eigenvalue weighted by Gasteiger charge is 2.23. The highest BCUT2D eigenvalue weighted by atomic mass is 16.2. The average molecular weight is 156 g/mol. The highest BCUT2D eigenvalue weighted by molar-refractivity contribution is 5.75. The lowest BCUT2D eigenvalue weighted by Gasteiger charge is -2.35. The van der Waals surface area contributed by atoms with Gasteiger partial charge in [-0.05, 0) is 20.3 Å². The molecule has 0 N–H and O–H groups in total. The first kappa shape index (κ1) is 8.37. The van der Waals surface area contributed by atoms with E-state index in [0.29, 0.717) is 6.04 Å². The second kappa shape index (κ2) is 3.11. The normalized spacial score (nSPS) is 19.8. The summed E-state index contributed by atoms with van der Waals surface area (Å²) in [5.41, 5.74) is 0. The summed E-state index contributed by atoms with van der Waals surface area (Å²) in [5.74, 6) is 0.